The number of hydrogen-bond acceptors (Lipinski definition) is 2. The van der Waals surface area contributed by atoms with E-state index in [1.807, 2.05) is 22.6 Å². The third-order valence-corrected chi connectivity index (χ3v) is 3.08. The predicted octanol–water partition coefficient (Wildman–Crippen LogP) is 2.65. The van der Waals surface area contributed by atoms with E-state index in [9.17, 15) is 4.79 Å². The minimum atomic E-state index is -1.05. The van der Waals surface area contributed by atoms with Crippen LogP contribution in [0, 0.1) is 3.57 Å². The van der Waals surface area contributed by atoms with Crippen LogP contribution in [0.2, 0.25) is 5.02 Å². The third-order valence-electron chi connectivity index (χ3n) is 1.48. The fraction of sp³-hybridized carbons (Fsp3) is 0.125. The molecule has 0 fully saturated rings. The van der Waals surface area contributed by atoms with Crippen molar-refractivity contribution >= 4 is 40.2 Å². The van der Waals surface area contributed by atoms with Crippen LogP contribution in [0.25, 0.3) is 0 Å². The Hall–Kier alpha value is -0.490. The summed E-state index contributed by atoms with van der Waals surface area (Å²) in [6.07, 6.45) is 0. The number of rotatable bonds is 2. The van der Waals surface area contributed by atoms with E-state index in [0.29, 0.717) is 5.02 Å². The van der Waals surface area contributed by atoms with Crippen LogP contribution in [0.1, 0.15) is 10.4 Å². The summed E-state index contributed by atoms with van der Waals surface area (Å²) in [6.45, 7) is 0. The van der Waals surface area contributed by atoms with Crippen LogP contribution < -0.4 is 4.74 Å². The van der Waals surface area contributed by atoms with Crippen molar-refractivity contribution in [3.05, 3.63) is 26.3 Å². The van der Waals surface area contributed by atoms with E-state index in [4.69, 9.17) is 21.4 Å². The molecular weight excluding hydrogens is 306 g/mol. The van der Waals surface area contributed by atoms with E-state index < -0.39 is 5.97 Å². The van der Waals surface area contributed by atoms with Gasteiger partial charge in [-0.1, -0.05) is 11.6 Å². The molecule has 0 spiro atoms. The van der Waals surface area contributed by atoms with E-state index in [1.165, 1.54) is 13.2 Å². The maximum absolute atomic E-state index is 10.7. The molecule has 0 aliphatic rings. The van der Waals surface area contributed by atoms with Gasteiger partial charge in [-0.05, 0) is 34.7 Å². The van der Waals surface area contributed by atoms with E-state index in [0.717, 1.165) is 3.57 Å². The van der Waals surface area contributed by atoms with Crippen LogP contribution in [-0.4, -0.2) is 18.2 Å². The Bertz CT molecular complexity index is 351. The number of benzene rings is 1. The molecule has 5 heteroatoms. The quantitative estimate of drug-likeness (QED) is 0.854. The molecule has 0 aliphatic heterocycles. The van der Waals surface area contributed by atoms with Crippen molar-refractivity contribution in [3.8, 4) is 5.75 Å². The zero-order valence-corrected chi connectivity index (χ0v) is 9.59. The summed E-state index contributed by atoms with van der Waals surface area (Å²) in [6, 6.07) is 3.10. The lowest BCUT2D eigenvalue weighted by Crippen LogP contribution is -2.01. The lowest BCUT2D eigenvalue weighted by Gasteiger charge is -2.07. The minimum absolute atomic E-state index is 0.0768. The van der Waals surface area contributed by atoms with Crippen molar-refractivity contribution in [3.63, 3.8) is 0 Å². The zero-order valence-electron chi connectivity index (χ0n) is 6.67. The summed E-state index contributed by atoms with van der Waals surface area (Å²) in [7, 11) is 1.39. The number of hydrogen-bond donors (Lipinski definition) is 1. The highest BCUT2D eigenvalue weighted by Crippen LogP contribution is 2.32. The summed E-state index contributed by atoms with van der Waals surface area (Å²) in [5.74, 6) is -0.837. The van der Waals surface area contributed by atoms with Crippen LogP contribution in [0.3, 0.4) is 0 Å². The molecule has 0 aromatic heterocycles. The van der Waals surface area contributed by atoms with Gasteiger partial charge in [0.2, 0.25) is 0 Å². The van der Waals surface area contributed by atoms with Crippen molar-refractivity contribution < 1.29 is 14.6 Å². The normalized spacial score (nSPS) is 9.77. The first-order chi connectivity index (χ1) is 6.07. The highest BCUT2D eigenvalue weighted by molar-refractivity contribution is 14.1. The van der Waals surface area contributed by atoms with Crippen LogP contribution >= 0.6 is 34.2 Å². The molecule has 0 radical (unpaired) electrons. The van der Waals surface area contributed by atoms with Gasteiger partial charge < -0.3 is 9.84 Å². The molecular formula is C8H6ClIO3. The predicted molar refractivity (Wildman–Crippen MR) is 57.7 cm³/mol. The van der Waals surface area contributed by atoms with Gasteiger partial charge in [0.15, 0.2) is 5.75 Å². The second-order valence-electron chi connectivity index (χ2n) is 2.25. The monoisotopic (exact) mass is 312 g/mol. The van der Waals surface area contributed by atoms with Crippen molar-refractivity contribution in [2.45, 2.75) is 0 Å². The van der Waals surface area contributed by atoms with Gasteiger partial charge in [0, 0.05) is 3.57 Å². The maximum Gasteiger partial charge on any atom is 0.339 e. The summed E-state index contributed by atoms with van der Waals surface area (Å²) < 4.78 is 5.67. The summed E-state index contributed by atoms with van der Waals surface area (Å²) in [5, 5.41) is 9.11. The second kappa shape index (κ2) is 4.15. The van der Waals surface area contributed by atoms with Gasteiger partial charge in [-0.15, -0.1) is 0 Å². The molecule has 70 valence electrons. The largest absolute Gasteiger partial charge is 0.494 e. The highest BCUT2D eigenvalue weighted by Gasteiger charge is 2.15. The van der Waals surface area contributed by atoms with E-state index >= 15 is 0 Å². The Labute approximate surface area is 93.8 Å². The van der Waals surface area contributed by atoms with Crippen LogP contribution in [0.4, 0.5) is 0 Å². The highest BCUT2D eigenvalue weighted by atomic mass is 127. The number of carboxylic acids is 1. The minimum Gasteiger partial charge on any atom is -0.494 e. The maximum atomic E-state index is 10.7. The smallest absolute Gasteiger partial charge is 0.339 e. The number of carboxylic acid groups (broad SMARTS) is 1. The van der Waals surface area contributed by atoms with Gasteiger partial charge >= 0.3 is 5.97 Å². The van der Waals surface area contributed by atoms with Gasteiger partial charge in [0.05, 0.1) is 12.1 Å². The molecule has 1 aromatic carbocycles. The Kier molecular flexibility index (Phi) is 3.38. The average molecular weight is 312 g/mol. The molecule has 13 heavy (non-hydrogen) atoms. The van der Waals surface area contributed by atoms with Crippen molar-refractivity contribution in [1.82, 2.24) is 0 Å². The standard InChI is InChI=1S/C8H6ClIO3/c1-13-7-4(8(11)12)2-3-5(10)6(7)9/h2-3H,1H3,(H,11,12). The number of halogens is 2. The SMILES string of the molecule is COc1c(C(=O)O)ccc(I)c1Cl. The molecule has 0 heterocycles. The van der Waals surface area contributed by atoms with Crippen LogP contribution in [-0.2, 0) is 0 Å². The first-order valence-electron chi connectivity index (χ1n) is 3.33. The van der Waals surface area contributed by atoms with Crippen molar-refractivity contribution in [2.75, 3.05) is 7.11 Å². The number of ether oxygens (including phenoxy) is 1. The van der Waals surface area contributed by atoms with Gasteiger partial charge in [-0.25, -0.2) is 4.79 Å². The van der Waals surface area contributed by atoms with Crippen LogP contribution in [0.5, 0.6) is 5.75 Å². The van der Waals surface area contributed by atoms with Crippen LogP contribution in [0.15, 0.2) is 12.1 Å². The molecule has 0 saturated heterocycles. The van der Waals surface area contributed by atoms with Crippen molar-refractivity contribution in [2.24, 2.45) is 0 Å². The molecule has 0 saturated carbocycles. The molecule has 1 N–H and O–H groups in total. The summed E-state index contributed by atoms with van der Waals surface area (Å²) in [5.41, 5.74) is 0.0768. The molecule has 0 amide bonds. The molecule has 0 unspecified atom stereocenters. The van der Waals surface area contributed by atoms with E-state index in [1.54, 1.807) is 6.07 Å². The lowest BCUT2D eigenvalue weighted by molar-refractivity contribution is 0.0693. The number of aromatic carboxylic acids is 1. The van der Waals surface area contributed by atoms with Crippen molar-refractivity contribution in [1.29, 1.82) is 0 Å². The fourth-order valence-electron chi connectivity index (χ4n) is 0.900. The van der Waals surface area contributed by atoms with E-state index in [-0.39, 0.29) is 11.3 Å². The molecule has 0 aliphatic carbocycles. The topological polar surface area (TPSA) is 46.5 Å². The molecule has 3 nitrogen and oxygen atoms in total. The first-order valence-corrected chi connectivity index (χ1v) is 4.79. The summed E-state index contributed by atoms with van der Waals surface area (Å²) >= 11 is 7.86. The number of methoxy groups -OCH3 is 1. The van der Waals surface area contributed by atoms with Gasteiger partial charge in [0.1, 0.15) is 5.56 Å². The molecule has 0 atom stereocenters. The summed E-state index contributed by atoms with van der Waals surface area (Å²) in [4.78, 5) is 10.7. The Morgan fingerprint density at radius 3 is 2.69 bits per heavy atom. The lowest BCUT2D eigenvalue weighted by atomic mass is 10.2. The third kappa shape index (κ3) is 2.05. The van der Waals surface area contributed by atoms with E-state index in [2.05, 4.69) is 0 Å². The van der Waals surface area contributed by atoms with Gasteiger partial charge in [-0.2, -0.15) is 0 Å². The molecule has 0 bridgehead atoms. The Balaban J connectivity index is 3.38. The fourth-order valence-corrected chi connectivity index (χ4v) is 1.57. The van der Waals surface area contributed by atoms with Gasteiger partial charge in [0.25, 0.3) is 0 Å². The zero-order chi connectivity index (χ0) is 10.0. The Morgan fingerprint density at radius 2 is 2.23 bits per heavy atom. The van der Waals surface area contributed by atoms with Gasteiger partial charge in [-0.3, -0.25) is 0 Å². The average Bonchev–Trinajstić information content (AvgIpc) is 2.09. The first kappa shape index (κ1) is 10.6. The molecule has 1 aromatic rings. The molecule has 1 rings (SSSR count). The Morgan fingerprint density at radius 1 is 1.62 bits per heavy atom. The second-order valence-corrected chi connectivity index (χ2v) is 3.79. The number of carbonyl (C=O) groups is 1.